The number of hydrogen-bond donors (Lipinski definition) is 0. The van der Waals surface area contributed by atoms with Crippen molar-refractivity contribution in [2.45, 2.75) is 19.1 Å². The Morgan fingerprint density at radius 3 is 3.10 bits per heavy atom. The first-order chi connectivity index (χ1) is 9.69. The van der Waals surface area contributed by atoms with E-state index in [-0.39, 0.29) is 6.10 Å². The van der Waals surface area contributed by atoms with Crippen molar-refractivity contribution in [3.05, 3.63) is 47.2 Å². The molecule has 1 aliphatic heterocycles. The van der Waals surface area contributed by atoms with E-state index in [1.54, 1.807) is 0 Å². The van der Waals surface area contributed by atoms with Gasteiger partial charge in [0.2, 0.25) is 0 Å². The van der Waals surface area contributed by atoms with Gasteiger partial charge in [0.05, 0.1) is 6.20 Å². The zero-order valence-electron chi connectivity index (χ0n) is 11.5. The van der Waals surface area contributed by atoms with Gasteiger partial charge in [0, 0.05) is 43.5 Å². The predicted molar refractivity (Wildman–Crippen MR) is 79.0 cm³/mol. The first-order valence-electron chi connectivity index (χ1n) is 6.81. The molecule has 4 nitrogen and oxygen atoms in total. The molecule has 106 valence electrons. The zero-order valence-corrected chi connectivity index (χ0v) is 12.3. The number of halogens is 1. The third-order valence-corrected chi connectivity index (χ3v) is 3.73. The van der Waals surface area contributed by atoms with E-state index in [0.717, 1.165) is 31.8 Å². The molecule has 2 heterocycles. The number of benzene rings is 1. The van der Waals surface area contributed by atoms with Crippen LogP contribution in [0.3, 0.4) is 0 Å². The van der Waals surface area contributed by atoms with Crippen LogP contribution in [0.4, 0.5) is 0 Å². The van der Waals surface area contributed by atoms with Gasteiger partial charge in [-0.3, -0.25) is 9.58 Å². The Morgan fingerprint density at radius 1 is 1.45 bits per heavy atom. The Hall–Kier alpha value is -1.52. The lowest BCUT2D eigenvalue weighted by Gasteiger charge is -2.16. The Morgan fingerprint density at radius 2 is 2.35 bits per heavy atom. The third-order valence-electron chi connectivity index (χ3n) is 3.49. The van der Waals surface area contributed by atoms with Crippen molar-refractivity contribution in [1.82, 2.24) is 14.7 Å². The molecule has 0 amide bonds. The molecule has 1 fully saturated rings. The molecular weight excluding hydrogens is 274 g/mol. The SMILES string of the molecule is Cn1cc(CN2CC[C@H](Oc3cccc(Cl)c3)C2)cn1. The minimum atomic E-state index is 0.241. The van der Waals surface area contributed by atoms with Crippen LogP contribution in [0.5, 0.6) is 5.75 Å². The van der Waals surface area contributed by atoms with Gasteiger partial charge in [0.1, 0.15) is 11.9 Å². The molecule has 3 rings (SSSR count). The first kappa shape index (κ1) is 13.5. The molecule has 0 spiro atoms. The molecule has 1 atom stereocenters. The van der Waals surface area contributed by atoms with Gasteiger partial charge in [-0.2, -0.15) is 5.10 Å². The fourth-order valence-corrected chi connectivity index (χ4v) is 2.76. The number of rotatable bonds is 4. The molecular formula is C15H18ClN3O. The summed E-state index contributed by atoms with van der Waals surface area (Å²) in [5.41, 5.74) is 1.25. The summed E-state index contributed by atoms with van der Waals surface area (Å²) in [5, 5.41) is 4.91. The van der Waals surface area contributed by atoms with E-state index in [2.05, 4.69) is 16.2 Å². The summed E-state index contributed by atoms with van der Waals surface area (Å²) in [6.07, 6.45) is 5.27. The van der Waals surface area contributed by atoms with Gasteiger partial charge in [0.15, 0.2) is 0 Å². The minimum Gasteiger partial charge on any atom is -0.489 e. The van der Waals surface area contributed by atoms with Gasteiger partial charge in [-0.05, 0) is 24.6 Å². The third kappa shape index (κ3) is 3.32. The van der Waals surface area contributed by atoms with Crippen molar-refractivity contribution in [2.75, 3.05) is 13.1 Å². The molecule has 20 heavy (non-hydrogen) atoms. The van der Waals surface area contributed by atoms with Crippen LogP contribution in [-0.2, 0) is 13.6 Å². The van der Waals surface area contributed by atoms with Crippen LogP contribution in [0, 0.1) is 0 Å². The molecule has 0 saturated carbocycles. The molecule has 1 saturated heterocycles. The van der Waals surface area contributed by atoms with Gasteiger partial charge in [-0.1, -0.05) is 17.7 Å². The Kier molecular flexibility index (Phi) is 3.94. The van der Waals surface area contributed by atoms with E-state index < -0.39 is 0 Å². The average Bonchev–Trinajstić information content (AvgIpc) is 3.00. The second-order valence-corrected chi connectivity index (χ2v) is 5.68. The van der Waals surface area contributed by atoms with Crippen LogP contribution in [-0.4, -0.2) is 33.9 Å². The Labute approximate surface area is 123 Å². The molecule has 2 aromatic rings. The number of nitrogens with zero attached hydrogens (tertiary/aromatic N) is 3. The second-order valence-electron chi connectivity index (χ2n) is 5.24. The summed E-state index contributed by atoms with van der Waals surface area (Å²) in [7, 11) is 1.94. The summed E-state index contributed by atoms with van der Waals surface area (Å²) < 4.78 is 7.82. The van der Waals surface area contributed by atoms with Crippen LogP contribution in [0.1, 0.15) is 12.0 Å². The molecule has 0 aliphatic carbocycles. The maximum atomic E-state index is 5.98. The zero-order chi connectivity index (χ0) is 13.9. The molecule has 5 heteroatoms. The summed E-state index contributed by atoms with van der Waals surface area (Å²) in [4.78, 5) is 2.40. The standard InChI is InChI=1S/C15H18ClN3O/c1-18-9-12(8-17-18)10-19-6-5-15(11-19)20-14-4-2-3-13(16)7-14/h2-4,7-9,15H,5-6,10-11H2,1H3/t15-/m0/s1. The lowest BCUT2D eigenvalue weighted by molar-refractivity contribution is 0.198. The maximum Gasteiger partial charge on any atom is 0.121 e. The van der Waals surface area contributed by atoms with E-state index in [4.69, 9.17) is 16.3 Å². The van der Waals surface area contributed by atoms with Crippen LogP contribution >= 0.6 is 11.6 Å². The highest BCUT2D eigenvalue weighted by molar-refractivity contribution is 6.30. The van der Waals surface area contributed by atoms with Gasteiger partial charge < -0.3 is 4.74 Å². The largest absolute Gasteiger partial charge is 0.489 e. The van der Waals surface area contributed by atoms with Gasteiger partial charge in [-0.15, -0.1) is 0 Å². The fraction of sp³-hybridized carbons (Fsp3) is 0.400. The van der Waals surface area contributed by atoms with Crippen molar-refractivity contribution in [3.8, 4) is 5.75 Å². The highest BCUT2D eigenvalue weighted by Gasteiger charge is 2.24. The van der Waals surface area contributed by atoms with E-state index in [9.17, 15) is 0 Å². The molecule has 0 bridgehead atoms. The highest BCUT2D eigenvalue weighted by atomic mass is 35.5. The summed E-state index contributed by atoms with van der Waals surface area (Å²) in [6.45, 7) is 2.94. The molecule has 0 unspecified atom stereocenters. The van der Waals surface area contributed by atoms with Crippen LogP contribution in [0.2, 0.25) is 5.02 Å². The molecule has 1 aromatic carbocycles. The predicted octanol–water partition coefficient (Wildman–Crippen LogP) is 2.73. The molecule has 0 N–H and O–H groups in total. The van der Waals surface area contributed by atoms with E-state index >= 15 is 0 Å². The van der Waals surface area contributed by atoms with Crippen molar-refractivity contribution < 1.29 is 4.74 Å². The lowest BCUT2D eigenvalue weighted by atomic mass is 10.3. The van der Waals surface area contributed by atoms with Crippen molar-refractivity contribution in [2.24, 2.45) is 7.05 Å². The topological polar surface area (TPSA) is 30.3 Å². The summed E-state index contributed by atoms with van der Waals surface area (Å²) in [5.74, 6) is 0.853. The van der Waals surface area contributed by atoms with Crippen LogP contribution in [0.25, 0.3) is 0 Å². The number of aromatic nitrogens is 2. The van der Waals surface area contributed by atoms with E-state index in [1.165, 1.54) is 5.56 Å². The van der Waals surface area contributed by atoms with E-state index in [1.807, 2.05) is 42.2 Å². The summed E-state index contributed by atoms with van der Waals surface area (Å²) in [6, 6.07) is 7.60. The Balaban J connectivity index is 1.54. The number of hydrogen-bond acceptors (Lipinski definition) is 3. The van der Waals surface area contributed by atoms with Crippen LogP contribution < -0.4 is 4.74 Å². The van der Waals surface area contributed by atoms with Gasteiger partial charge in [-0.25, -0.2) is 0 Å². The highest BCUT2D eigenvalue weighted by Crippen LogP contribution is 2.22. The minimum absolute atomic E-state index is 0.241. The Bertz CT molecular complexity index is 584. The molecule has 1 aromatic heterocycles. The van der Waals surface area contributed by atoms with Gasteiger partial charge in [0.25, 0.3) is 0 Å². The van der Waals surface area contributed by atoms with Crippen molar-refractivity contribution >= 4 is 11.6 Å². The maximum absolute atomic E-state index is 5.98. The van der Waals surface area contributed by atoms with E-state index in [0.29, 0.717) is 5.02 Å². The van der Waals surface area contributed by atoms with Crippen LogP contribution in [0.15, 0.2) is 36.7 Å². The molecule has 0 radical (unpaired) electrons. The van der Waals surface area contributed by atoms with Crippen molar-refractivity contribution in [1.29, 1.82) is 0 Å². The quantitative estimate of drug-likeness (QED) is 0.868. The smallest absolute Gasteiger partial charge is 0.121 e. The first-order valence-corrected chi connectivity index (χ1v) is 7.19. The molecule has 1 aliphatic rings. The summed E-state index contributed by atoms with van der Waals surface area (Å²) >= 11 is 5.97. The number of likely N-dealkylation sites (tertiary alicyclic amines) is 1. The normalized spacial score (nSPS) is 19.4. The fourth-order valence-electron chi connectivity index (χ4n) is 2.58. The van der Waals surface area contributed by atoms with Gasteiger partial charge >= 0.3 is 0 Å². The number of aryl methyl sites for hydroxylation is 1. The monoisotopic (exact) mass is 291 g/mol. The second kappa shape index (κ2) is 5.85. The van der Waals surface area contributed by atoms with Crippen molar-refractivity contribution in [3.63, 3.8) is 0 Å². The average molecular weight is 292 g/mol. The lowest BCUT2D eigenvalue weighted by Crippen LogP contribution is -2.24. The number of ether oxygens (including phenoxy) is 1.